The Hall–Kier alpha value is -2.83. The van der Waals surface area contributed by atoms with Gasteiger partial charge in [-0.1, -0.05) is 25.5 Å². The summed E-state index contributed by atoms with van der Waals surface area (Å²) in [5.74, 6) is -0.828. The minimum atomic E-state index is -4.45. The number of carbonyl (C=O) groups is 2. The molecule has 0 bridgehead atoms. The van der Waals surface area contributed by atoms with Crippen molar-refractivity contribution in [2.24, 2.45) is 5.92 Å². The van der Waals surface area contributed by atoms with E-state index in [-0.39, 0.29) is 29.3 Å². The van der Waals surface area contributed by atoms with Crippen molar-refractivity contribution >= 4 is 17.6 Å². The first-order valence-electron chi connectivity index (χ1n) is 8.36. The molecule has 0 spiro atoms. The molecule has 0 saturated carbocycles. The fraction of sp³-hybridized carbons (Fsp3) is 0.300. The van der Waals surface area contributed by atoms with Crippen molar-refractivity contribution in [3.05, 3.63) is 59.2 Å². The Morgan fingerprint density at radius 3 is 2.26 bits per heavy atom. The number of nitrogens with one attached hydrogen (secondary N) is 1. The number of anilines is 1. The number of carbonyl (C=O) groups excluding carboxylic acids is 2. The minimum Gasteiger partial charge on any atom is -0.426 e. The zero-order valence-corrected chi connectivity index (χ0v) is 15.2. The molecular weight excluding hydrogens is 359 g/mol. The van der Waals surface area contributed by atoms with E-state index in [2.05, 4.69) is 5.32 Å². The molecule has 2 aromatic rings. The Morgan fingerprint density at radius 2 is 1.70 bits per heavy atom. The molecule has 0 aliphatic rings. The maximum absolute atomic E-state index is 12.6. The summed E-state index contributed by atoms with van der Waals surface area (Å²) < 4.78 is 43.1. The molecule has 144 valence electrons. The van der Waals surface area contributed by atoms with Gasteiger partial charge in [0, 0.05) is 12.1 Å². The van der Waals surface area contributed by atoms with Gasteiger partial charge in [0.05, 0.1) is 11.1 Å². The molecule has 27 heavy (non-hydrogen) atoms. The molecule has 0 heterocycles. The second kappa shape index (κ2) is 8.24. The molecular formula is C20H20F3NO3. The first-order valence-corrected chi connectivity index (χ1v) is 8.36. The first-order chi connectivity index (χ1) is 12.6. The molecule has 2 rings (SSSR count). The Bertz CT molecular complexity index is 827. The van der Waals surface area contributed by atoms with Gasteiger partial charge in [-0.05, 0) is 49.2 Å². The van der Waals surface area contributed by atoms with Crippen LogP contribution in [0.25, 0.3) is 0 Å². The van der Waals surface area contributed by atoms with Crippen LogP contribution < -0.4 is 10.1 Å². The van der Waals surface area contributed by atoms with Crippen molar-refractivity contribution in [3.8, 4) is 5.75 Å². The molecule has 4 nitrogen and oxygen atoms in total. The van der Waals surface area contributed by atoms with Crippen molar-refractivity contribution < 1.29 is 27.5 Å². The summed E-state index contributed by atoms with van der Waals surface area (Å²) in [7, 11) is 0. The largest absolute Gasteiger partial charge is 0.426 e. The van der Waals surface area contributed by atoms with Crippen molar-refractivity contribution in [2.75, 3.05) is 5.32 Å². The van der Waals surface area contributed by atoms with Crippen LogP contribution in [-0.4, -0.2) is 11.9 Å². The summed E-state index contributed by atoms with van der Waals surface area (Å²) in [6.45, 7) is 5.51. The molecule has 7 heteroatoms. The number of alkyl halides is 3. The second-order valence-electron chi connectivity index (χ2n) is 6.60. The van der Waals surface area contributed by atoms with Crippen LogP contribution in [0.3, 0.4) is 0 Å². The molecule has 0 atom stereocenters. The molecule has 1 N–H and O–H groups in total. The predicted octanol–water partition coefficient (Wildman–Crippen LogP) is 5.22. The molecule has 0 unspecified atom stereocenters. The average molecular weight is 379 g/mol. The summed E-state index contributed by atoms with van der Waals surface area (Å²) in [4.78, 5) is 24.5. The number of hydrogen-bond acceptors (Lipinski definition) is 3. The van der Waals surface area contributed by atoms with E-state index in [1.54, 1.807) is 19.1 Å². The maximum Gasteiger partial charge on any atom is 0.416 e. The fourth-order valence-corrected chi connectivity index (χ4v) is 2.35. The standard InChI is InChI=1S/C20H20F3NO3/c1-12(2)10-18(25)27-17-9-4-13(3)11-16(17)19(26)24-15-7-5-14(6-8-15)20(21,22)23/h4-9,11-12H,10H2,1-3H3,(H,24,26). The highest BCUT2D eigenvalue weighted by Crippen LogP contribution is 2.30. The van der Waals surface area contributed by atoms with Crippen LogP contribution >= 0.6 is 0 Å². The van der Waals surface area contributed by atoms with E-state index in [1.807, 2.05) is 13.8 Å². The molecule has 0 fully saturated rings. The van der Waals surface area contributed by atoms with E-state index in [4.69, 9.17) is 4.74 Å². The molecule has 0 aliphatic carbocycles. The van der Waals surface area contributed by atoms with E-state index in [9.17, 15) is 22.8 Å². The van der Waals surface area contributed by atoms with Crippen LogP contribution in [0.4, 0.5) is 18.9 Å². The van der Waals surface area contributed by atoms with Gasteiger partial charge in [-0.25, -0.2) is 0 Å². The monoisotopic (exact) mass is 379 g/mol. The smallest absolute Gasteiger partial charge is 0.416 e. The number of amides is 1. The topological polar surface area (TPSA) is 55.4 Å². The van der Waals surface area contributed by atoms with E-state index >= 15 is 0 Å². The number of rotatable bonds is 5. The zero-order valence-electron chi connectivity index (χ0n) is 15.2. The molecule has 1 amide bonds. The third-order valence-corrected chi connectivity index (χ3v) is 3.65. The first kappa shape index (κ1) is 20.5. The lowest BCUT2D eigenvalue weighted by molar-refractivity contribution is -0.137. The van der Waals surface area contributed by atoms with Crippen molar-refractivity contribution in [1.82, 2.24) is 0 Å². The Labute approximate surface area is 155 Å². The van der Waals surface area contributed by atoms with Gasteiger partial charge >= 0.3 is 12.1 Å². The number of benzene rings is 2. The second-order valence-corrected chi connectivity index (χ2v) is 6.60. The SMILES string of the molecule is Cc1ccc(OC(=O)CC(C)C)c(C(=O)Nc2ccc(C(F)(F)F)cc2)c1. The van der Waals surface area contributed by atoms with Gasteiger partial charge in [-0.3, -0.25) is 9.59 Å². The Balaban J connectivity index is 2.20. The average Bonchev–Trinajstić information content (AvgIpc) is 2.55. The van der Waals surface area contributed by atoms with Gasteiger partial charge in [-0.15, -0.1) is 0 Å². The van der Waals surface area contributed by atoms with Gasteiger partial charge < -0.3 is 10.1 Å². The summed E-state index contributed by atoms with van der Waals surface area (Å²) in [6.07, 6.45) is -4.25. The lowest BCUT2D eigenvalue weighted by atomic mass is 10.1. The van der Waals surface area contributed by atoms with Crippen LogP contribution in [0.15, 0.2) is 42.5 Å². The highest BCUT2D eigenvalue weighted by atomic mass is 19.4. The van der Waals surface area contributed by atoms with Crippen molar-refractivity contribution in [1.29, 1.82) is 0 Å². The number of aryl methyl sites for hydroxylation is 1. The van der Waals surface area contributed by atoms with Crippen LogP contribution in [0.1, 0.15) is 41.8 Å². The van der Waals surface area contributed by atoms with E-state index < -0.39 is 23.6 Å². The molecule has 0 aliphatic heterocycles. The van der Waals surface area contributed by atoms with Crippen molar-refractivity contribution in [2.45, 2.75) is 33.4 Å². The normalized spacial score (nSPS) is 11.4. The summed E-state index contributed by atoms with van der Waals surface area (Å²) in [6, 6.07) is 8.88. The molecule has 0 aromatic heterocycles. The third-order valence-electron chi connectivity index (χ3n) is 3.65. The number of hydrogen-bond donors (Lipinski definition) is 1. The quantitative estimate of drug-likeness (QED) is 0.573. The summed E-state index contributed by atoms with van der Waals surface area (Å²) in [5, 5.41) is 2.52. The van der Waals surface area contributed by atoms with Crippen LogP contribution in [0.5, 0.6) is 5.75 Å². The highest BCUT2D eigenvalue weighted by Gasteiger charge is 2.30. The lowest BCUT2D eigenvalue weighted by Gasteiger charge is -2.13. The van der Waals surface area contributed by atoms with Crippen LogP contribution in [-0.2, 0) is 11.0 Å². The molecule has 0 radical (unpaired) electrons. The van der Waals surface area contributed by atoms with E-state index in [0.29, 0.717) is 0 Å². The van der Waals surface area contributed by atoms with Gasteiger partial charge in [-0.2, -0.15) is 13.2 Å². The van der Waals surface area contributed by atoms with Gasteiger partial charge in [0.2, 0.25) is 0 Å². The number of ether oxygens (including phenoxy) is 1. The van der Waals surface area contributed by atoms with Crippen LogP contribution in [0.2, 0.25) is 0 Å². The lowest BCUT2D eigenvalue weighted by Crippen LogP contribution is -2.17. The van der Waals surface area contributed by atoms with E-state index in [0.717, 1.165) is 17.7 Å². The maximum atomic E-state index is 12.6. The number of halogens is 3. The molecule has 0 saturated heterocycles. The third kappa shape index (κ3) is 5.84. The van der Waals surface area contributed by atoms with Gasteiger partial charge in [0.15, 0.2) is 0 Å². The fourth-order valence-electron chi connectivity index (χ4n) is 2.35. The highest BCUT2D eigenvalue weighted by molar-refractivity contribution is 6.06. The van der Waals surface area contributed by atoms with Gasteiger partial charge in [0.1, 0.15) is 5.75 Å². The summed E-state index contributed by atoms with van der Waals surface area (Å²) in [5.41, 5.74) is 0.302. The van der Waals surface area contributed by atoms with E-state index in [1.165, 1.54) is 18.2 Å². The Kier molecular flexibility index (Phi) is 6.25. The van der Waals surface area contributed by atoms with Gasteiger partial charge in [0.25, 0.3) is 5.91 Å². The Morgan fingerprint density at radius 1 is 1.07 bits per heavy atom. The van der Waals surface area contributed by atoms with Crippen LogP contribution in [0, 0.1) is 12.8 Å². The predicted molar refractivity (Wildman–Crippen MR) is 95.7 cm³/mol. The minimum absolute atomic E-state index is 0.104. The molecule has 2 aromatic carbocycles. The van der Waals surface area contributed by atoms with Crippen molar-refractivity contribution in [3.63, 3.8) is 0 Å². The summed E-state index contributed by atoms with van der Waals surface area (Å²) >= 11 is 0. The zero-order chi connectivity index (χ0) is 20.2. The number of esters is 1.